The van der Waals surface area contributed by atoms with Gasteiger partial charge in [-0.05, 0) is 35.9 Å². The highest BCUT2D eigenvalue weighted by atomic mass is 35.5. The Morgan fingerprint density at radius 3 is 2.75 bits per heavy atom. The summed E-state index contributed by atoms with van der Waals surface area (Å²) >= 11 is 5.99. The van der Waals surface area contributed by atoms with Crippen molar-refractivity contribution >= 4 is 28.9 Å². The maximum atomic E-state index is 12.9. The predicted octanol–water partition coefficient (Wildman–Crippen LogP) is 5.94. The summed E-state index contributed by atoms with van der Waals surface area (Å²) in [6.45, 7) is -0.0642. The number of hydrogen-bond acceptors (Lipinski definition) is 6. The first-order valence-corrected chi connectivity index (χ1v) is 10.6. The second-order valence-corrected chi connectivity index (χ2v) is 7.91. The predicted molar refractivity (Wildman–Crippen MR) is 122 cm³/mol. The van der Waals surface area contributed by atoms with Gasteiger partial charge in [-0.1, -0.05) is 23.7 Å². The van der Waals surface area contributed by atoms with E-state index in [0.29, 0.717) is 11.3 Å². The van der Waals surface area contributed by atoms with Crippen LogP contribution < -0.4 is 10.1 Å². The van der Waals surface area contributed by atoms with E-state index in [2.05, 4.69) is 10.4 Å². The third-order valence-electron chi connectivity index (χ3n) is 4.87. The molecule has 0 bridgehead atoms. The molecule has 0 aliphatic carbocycles. The zero-order chi connectivity index (χ0) is 25.9. The summed E-state index contributed by atoms with van der Waals surface area (Å²) in [5.41, 5.74) is -0.247. The van der Waals surface area contributed by atoms with Crippen molar-refractivity contribution in [3.8, 4) is 5.75 Å². The lowest BCUT2D eigenvalue weighted by Gasteiger charge is -2.08. The molecule has 0 unspecified atom stereocenters. The number of nitrogens with zero attached hydrogens (tertiary/aromatic N) is 3. The molecular formula is C23H16ClF3N4O5. The van der Waals surface area contributed by atoms with Gasteiger partial charge in [-0.15, -0.1) is 0 Å². The van der Waals surface area contributed by atoms with Crippen LogP contribution in [-0.2, 0) is 19.3 Å². The van der Waals surface area contributed by atoms with Crippen LogP contribution in [0.3, 0.4) is 0 Å². The van der Waals surface area contributed by atoms with Crippen molar-refractivity contribution in [2.45, 2.75) is 19.3 Å². The number of hydrogen-bond donors (Lipinski definition) is 1. The van der Waals surface area contributed by atoms with E-state index in [-0.39, 0.29) is 41.1 Å². The van der Waals surface area contributed by atoms with Gasteiger partial charge in [0.05, 0.1) is 40.0 Å². The highest BCUT2D eigenvalue weighted by Crippen LogP contribution is 2.30. The number of nitro benzene ring substituents is 1. The van der Waals surface area contributed by atoms with E-state index < -0.39 is 22.6 Å². The molecule has 1 N–H and O–H groups in total. The van der Waals surface area contributed by atoms with Crippen LogP contribution in [0.1, 0.15) is 27.4 Å². The van der Waals surface area contributed by atoms with Crippen LogP contribution in [-0.4, -0.2) is 20.6 Å². The second kappa shape index (κ2) is 10.1. The zero-order valence-electron chi connectivity index (χ0n) is 18.2. The van der Waals surface area contributed by atoms with E-state index in [9.17, 15) is 28.1 Å². The number of carbonyl (C=O) groups excluding carboxylic acids is 1. The normalized spacial score (nSPS) is 11.3. The van der Waals surface area contributed by atoms with Crippen molar-refractivity contribution in [3.05, 3.63) is 105 Å². The molecule has 186 valence electrons. The lowest BCUT2D eigenvalue weighted by molar-refractivity contribution is -0.384. The molecule has 0 fully saturated rings. The number of furan rings is 1. The first-order valence-electron chi connectivity index (χ1n) is 10.2. The van der Waals surface area contributed by atoms with Crippen molar-refractivity contribution in [1.29, 1.82) is 0 Å². The van der Waals surface area contributed by atoms with Crippen LogP contribution in [0.25, 0.3) is 0 Å². The number of aromatic nitrogens is 2. The van der Waals surface area contributed by atoms with Crippen molar-refractivity contribution < 1.29 is 32.0 Å². The number of alkyl halides is 3. The fraction of sp³-hybridized carbons (Fsp3) is 0.130. The van der Waals surface area contributed by atoms with E-state index in [1.807, 2.05) is 0 Å². The van der Waals surface area contributed by atoms with E-state index in [1.54, 1.807) is 6.07 Å². The number of nitro groups is 1. The van der Waals surface area contributed by atoms with Crippen LogP contribution >= 0.6 is 11.6 Å². The van der Waals surface area contributed by atoms with Crippen LogP contribution in [0.15, 0.2) is 71.4 Å². The molecule has 2 heterocycles. The molecule has 0 saturated heterocycles. The van der Waals surface area contributed by atoms with Gasteiger partial charge >= 0.3 is 6.18 Å². The molecule has 4 aromatic rings. The SMILES string of the molecule is O=C(Nc1cnn(Cc2cccc(C(F)(F)F)c2)c1)c1ccc(COc2cc([N+](=O)[O-])ccc2Cl)o1. The molecule has 1 amide bonds. The van der Waals surface area contributed by atoms with Gasteiger partial charge in [0.25, 0.3) is 11.6 Å². The molecule has 36 heavy (non-hydrogen) atoms. The Balaban J connectivity index is 1.35. The minimum absolute atomic E-state index is 0.0376. The standard InChI is InChI=1S/C23H16ClF3N4O5/c24-19-6-4-17(31(33)34)9-21(19)35-13-18-5-7-20(36-18)22(32)29-16-10-28-30(12-16)11-14-2-1-3-15(8-14)23(25,26)27/h1-10,12H,11,13H2,(H,29,32). The number of ether oxygens (including phenoxy) is 1. The molecule has 0 atom stereocenters. The molecule has 0 radical (unpaired) electrons. The zero-order valence-corrected chi connectivity index (χ0v) is 18.9. The van der Waals surface area contributed by atoms with Gasteiger partial charge in [-0.3, -0.25) is 19.6 Å². The molecular weight excluding hydrogens is 505 g/mol. The molecule has 9 nitrogen and oxygen atoms in total. The number of benzene rings is 2. The Bertz CT molecular complexity index is 1420. The highest BCUT2D eigenvalue weighted by molar-refractivity contribution is 6.32. The number of amides is 1. The summed E-state index contributed by atoms with van der Waals surface area (Å²) in [4.78, 5) is 22.8. The van der Waals surface area contributed by atoms with Gasteiger partial charge in [0.15, 0.2) is 5.76 Å². The number of non-ortho nitro benzene ring substituents is 1. The molecule has 0 aliphatic heterocycles. The van der Waals surface area contributed by atoms with Crippen LogP contribution in [0.2, 0.25) is 5.02 Å². The summed E-state index contributed by atoms with van der Waals surface area (Å²) in [5.74, 6) is -0.276. The minimum Gasteiger partial charge on any atom is -0.484 e. The van der Waals surface area contributed by atoms with Gasteiger partial charge in [0.2, 0.25) is 0 Å². The van der Waals surface area contributed by atoms with Crippen LogP contribution in [0.4, 0.5) is 24.5 Å². The first-order chi connectivity index (χ1) is 17.1. The van der Waals surface area contributed by atoms with Gasteiger partial charge < -0.3 is 14.5 Å². The molecule has 0 spiro atoms. The maximum absolute atomic E-state index is 12.9. The second-order valence-electron chi connectivity index (χ2n) is 7.51. The van der Waals surface area contributed by atoms with E-state index >= 15 is 0 Å². The largest absolute Gasteiger partial charge is 0.484 e. The molecule has 0 aliphatic rings. The highest BCUT2D eigenvalue weighted by Gasteiger charge is 2.30. The summed E-state index contributed by atoms with van der Waals surface area (Å²) in [7, 11) is 0. The van der Waals surface area contributed by atoms with Crippen LogP contribution in [0.5, 0.6) is 5.75 Å². The van der Waals surface area contributed by atoms with Gasteiger partial charge in [0, 0.05) is 12.3 Å². The number of rotatable bonds is 8. The van der Waals surface area contributed by atoms with Crippen molar-refractivity contribution in [1.82, 2.24) is 9.78 Å². The summed E-state index contributed by atoms with van der Waals surface area (Å²) in [5, 5.41) is 17.7. The number of carbonyl (C=O) groups is 1. The lowest BCUT2D eigenvalue weighted by Crippen LogP contribution is -2.10. The Hall–Kier alpha value is -4.32. The monoisotopic (exact) mass is 520 g/mol. The Morgan fingerprint density at radius 2 is 2.00 bits per heavy atom. The van der Waals surface area contributed by atoms with E-state index in [1.165, 1.54) is 53.5 Å². The smallest absolute Gasteiger partial charge is 0.416 e. The maximum Gasteiger partial charge on any atom is 0.416 e. The van der Waals surface area contributed by atoms with Crippen LogP contribution in [0, 0.1) is 10.1 Å². The fourth-order valence-electron chi connectivity index (χ4n) is 3.18. The van der Waals surface area contributed by atoms with Gasteiger partial charge in [0.1, 0.15) is 18.1 Å². The molecule has 4 rings (SSSR count). The van der Waals surface area contributed by atoms with Gasteiger partial charge in [-0.2, -0.15) is 18.3 Å². The third-order valence-corrected chi connectivity index (χ3v) is 5.18. The Kier molecular flexibility index (Phi) is 6.97. The Labute approximate surface area is 206 Å². The molecule has 13 heteroatoms. The average Bonchev–Trinajstić information content (AvgIpc) is 3.47. The van der Waals surface area contributed by atoms with Crippen molar-refractivity contribution in [2.24, 2.45) is 0 Å². The molecule has 2 aromatic heterocycles. The van der Waals surface area contributed by atoms with E-state index in [4.69, 9.17) is 20.8 Å². The van der Waals surface area contributed by atoms with Crippen molar-refractivity contribution in [3.63, 3.8) is 0 Å². The lowest BCUT2D eigenvalue weighted by atomic mass is 10.1. The summed E-state index contributed by atoms with van der Waals surface area (Å²) in [6.07, 6.45) is -1.63. The first kappa shape index (κ1) is 24.8. The number of anilines is 1. The summed E-state index contributed by atoms with van der Waals surface area (Å²) < 4.78 is 51.0. The number of nitrogens with one attached hydrogen (secondary N) is 1. The summed E-state index contributed by atoms with van der Waals surface area (Å²) in [6, 6.07) is 11.5. The van der Waals surface area contributed by atoms with Gasteiger partial charge in [-0.25, -0.2) is 0 Å². The Morgan fingerprint density at radius 1 is 1.19 bits per heavy atom. The molecule has 2 aromatic carbocycles. The van der Waals surface area contributed by atoms with Crippen molar-refractivity contribution in [2.75, 3.05) is 5.32 Å². The average molecular weight is 521 g/mol. The quantitative estimate of drug-likeness (QED) is 0.227. The number of halogens is 4. The minimum atomic E-state index is -4.45. The van der Waals surface area contributed by atoms with E-state index in [0.717, 1.165) is 12.1 Å². The fourth-order valence-corrected chi connectivity index (χ4v) is 3.36. The topological polar surface area (TPSA) is 112 Å². The third kappa shape index (κ3) is 6.02. The molecule has 0 saturated carbocycles.